The molecule has 1 saturated heterocycles. The van der Waals surface area contributed by atoms with Crippen molar-refractivity contribution in [3.8, 4) is 0 Å². The van der Waals surface area contributed by atoms with E-state index in [4.69, 9.17) is 4.74 Å². The molecule has 1 unspecified atom stereocenters. The molecule has 1 atom stereocenters. The van der Waals surface area contributed by atoms with Crippen molar-refractivity contribution in [2.75, 3.05) is 31.6 Å². The maximum Gasteiger partial charge on any atom is 0.199 e. The molecule has 8 heteroatoms. The molecule has 1 aliphatic rings. The van der Waals surface area contributed by atoms with Gasteiger partial charge in [0, 0.05) is 19.1 Å². The molecule has 0 radical (unpaired) electrons. The fraction of sp³-hybridized carbons (Fsp3) is 0.556. The van der Waals surface area contributed by atoms with Gasteiger partial charge in [-0.2, -0.15) is 4.52 Å². The van der Waals surface area contributed by atoms with Gasteiger partial charge in [-0.15, -0.1) is 5.10 Å². The number of nitrogens with zero attached hydrogens (tertiary/aromatic N) is 5. The number of ether oxygens (including phenoxy) is 1. The van der Waals surface area contributed by atoms with Crippen molar-refractivity contribution in [2.45, 2.75) is 6.04 Å². The van der Waals surface area contributed by atoms with Gasteiger partial charge in [0.25, 0.3) is 0 Å². The number of morpholine rings is 1. The molecule has 1 aliphatic heterocycles. The first-order chi connectivity index (χ1) is 8.43. The topological polar surface area (TPSA) is 89.3 Å². The number of rotatable bonds is 3. The van der Waals surface area contributed by atoms with Crippen molar-refractivity contribution in [3.05, 3.63) is 12.4 Å². The van der Waals surface area contributed by atoms with Gasteiger partial charge >= 0.3 is 0 Å². The van der Waals surface area contributed by atoms with Crippen molar-refractivity contribution >= 4 is 11.5 Å². The largest absolute Gasteiger partial charge is 0.378 e. The van der Waals surface area contributed by atoms with Crippen LogP contribution in [-0.2, 0) is 4.74 Å². The van der Waals surface area contributed by atoms with Crippen LogP contribution in [0.4, 0.5) is 5.82 Å². The van der Waals surface area contributed by atoms with Crippen molar-refractivity contribution in [3.63, 3.8) is 0 Å². The van der Waals surface area contributed by atoms with Gasteiger partial charge in [0.1, 0.15) is 5.82 Å². The quantitative estimate of drug-likeness (QED) is 0.699. The summed E-state index contributed by atoms with van der Waals surface area (Å²) in [6.45, 7) is 3.13. The highest BCUT2D eigenvalue weighted by Gasteiger charge is 2.13. The molecule has 3 heterocycles. The Kier molecular flexibility index (Phi) is 2.80. The van der Waals surface area contributed by atoms with E-state index in [1.807, 2.05) is 0 Å². The van der Waals surface area contributed by atoms with Gasteiger partial charge in [-0.05, 0) is 10.4 Å². The molecule has 17 heavy (non-hydrogen) atoms. The minimum Gasteiger partial charge on any atom is -0.378 e. The van der Waals surface area contributed by atoms with E-state index < -0.39 is 0 Å². The predicted octanol–water partition coefficient (Wildman–Crippen LogP) is -1.08. The molecule has 90 valence electrons. The van der Waals surface area contributed by atoms with E-state index in [2.05, 4.69) is 31.1 Å². The third-order valence-electron chi connectivity index (χ3n) is 2.64. The number of tetrazole rings is 1. The second-order valence-electron chi connectivity index (χ2n) is 3.85. The van der Waals surface area contributed by atoms with Gasteiger partial charge in [-0.3, -0.25) is 4.98 Å². The highest BCUT2D eigenvalue weighted by Crippen LogP contribution is 2.06. The molecule has 1 fully saturated rings. The van der Waals surface area contributed by atoms with Crippen LogP contribution >= 0.6 is 0 Å². The van der Waals surface area contributed by atoms with Crippen LogP contribution in [0.25, 0.3) is 5.65 Å². The van der Waals surface area contributed by atoms with E-state index in [1.54, 1.807) is 16.9 Å². The molecular formula is C9H13N7O. The highest BCUT2D eigenvalue weighted by molar-refractivity contribution is 5.43. The lowest BCUT2D eigenvalue weighted by Gasteiger charge is -2.24. The molecule has 0 bridgehead atoms. The lowest BCUT2D eigenvalue weighted by molar-refractivity contribution is 0.0806. The first-order valence-electron chi connectivity index (χ1n) is 5.50. The predicted molar refractivity (Wildman–Crippen MR) is 59.7 cm³/mol. The third kappa shape index (κ3) is 2.17. The standard InChI is InChI=1S/C9H13N7O/c1-2-17-6-7(11-1)3-12-8-4-10-5-9-13-14-15-16(8)9/h4-5,7,11-12H,1-3,6H2. The Morgan fingerprint density at radius 1 is 1.53 bits per heavy atom. The van der Waals surface area contributed by atoms with Gasteiger partial charge in [-0.1, -0.05) is 0 Å². The average Bonchev–Trinajstić information content (AvgIpc) is 2.86. The van der Waals surface area contributed by atoms with Crippen LogP contribution in [0.1, 0.15) is 0 Å². The van der Waals surface area contributed by atoms with E-state index in [0.29, 0.717) is 18.3 Å². The minimum atomic E-state index is 0.301. The van der Waals surface area contributed by atoms with E-state index in [0.717, 1.165) is 25.5 Å². The maximum atomic E-state index is 5.38. The number of nitrogens with one attached hydrogen (secondary N) is 2. The van der Waals surface area contributed by atoms with Crippen molar-refractivity contribution in [1.82, 2.24) is 30.3 Å². The Labute approximate surface area is 97.4 Å². The maximum absolute atomic E-state index is 5.38. The summed E-state index contributed by atoms with van der Waals surface area (Å²) in [4.78, 5) is 4.07. The fourth-order valence-corrected chi connectivity index (χ4v) is 1.77. The summed E-state index contributed by atoms with van der Waals surface area (Å²) in [7, 11) is 0. The lowest BCUT2D eigenvalue weighted by atomic mass is 10.3. The van der Waals surface area contributed by atoms with Crippen molar-refractivity contribution in [2.24, 2.45) is 0 Å². The van der Waals surface area contributed by atoms with Crippen LogP contribution in [0.2, 0.25) is 0 Å². The van der Waals surface area contributed by atoms with E-state index in [-0.39, 0.29) is 0 Å². The number of anilines is 1. The van der Waals surface area contributed by atoms with Gasteiger partial charge in [0.2, 0.25) is 0 Å². The Balaban J connectivity index is 1.69. The molecule has 0 aliphatic carbocycles. The van der Waals surface area contributed by atoms with Gasteiger partial charge in [-0.25, -0.2) is 0 Å². The Hall–Kier alpha value is -1.80. The molecule has 3 rings (SSSR count). The zero-order chi connectivity index (χ0) is 11.5. The Bertz CT molecular complexity index is 493. The number of hydrogen-bond acceptors (Lipinski definition) is 7. The second-order valence-corrected chi connectivity index (χ2v) is 3.85. The van der Waals surface area contributed by atoms with Crippen LogP contribution in [0.3, 0.4) is 0 Å². The summed E-state index contributed by atoms with van der Waals surface area (Å²) < 4.78 is 7.00. The lowest BCUT2D eigenvalue weighted by Crippen LogP contribution is -2.45. The third-order valence-corrected chi connectivity index (χ3v) is 2.64. The van der Waals surface area contributed by atoms with Crippen LogP contribution in [-0.4, -0.2) is 57.4 Å². The number of hydrogen-bond donors (Lipinski definition) is 2. The van der Waals surface area contributed by atoms with Crippen LogP contribution in [0, 0.1) is 0 Å². The normalized spacial score (nSPS) is 20.6. The Morgan fingerprint density at radius 2 is 2.53 bits per heavy atom. The van der Waals surface area contributed by atoms with Gasteiger partial charge in [0.15, 0.2) is 5.65 Å². The Morgan fingerprint density at radius 3 is 3.41 bits per heavy atom. The molecule has 0 spiro atoms. The SMILES string of the molecule is c1ncc2nnnn2c1NCC1COCCN1. The summed E-state index contributed by atoms with van der Waals surface area (Å²) in [6, 6.07) is 0.301. The zero-order valence-corrected chi connectivity index (χ0v) is 9.20. The van der Waals surface area contributed by atoms with E-state index in [9.17, 15) is 0 Å². The van der Waals surface area contributed by atoms with E-state index in [1.165, 1.54) is 0 Å². The molecular weight excluding hydrogens is 222 g/mol. The van der Waals surface area contributed by atoms with Crippen LogP contribution < -0.4 is 10.6 Å². The molecule has 8 nitrogen and oxygen atoms in total. The van der Waals surface area contributed by atoms with Crippen LogP contribution in [0.5, 0.6) is 0 Å². The van der Waals surface area contributed by atoms with E-state index >= 15 is 0 Å². The first kappa shape index (κ1) is 10.4. The smallest absolute Gasteiger partial charge is 0.199 e. The summed E-state index contributed by atoms with van der Waals surface area (Å²) in [5.74, 6) is 0.778. The molecule has 2 aromatic rings. The summed E-state index contributed by atoms with van der Waals surface area (Å²) in [5, 5.41) is 17.9. The molecule has 0 saturated carbocycles. The van der Waals surface area contributed by atoms with Crippen molar-refractivity contribution < 1.29 is 4.74 Å². The number of fused-ring (bicyclic) bond motifs is 1. The minimum absolute atomic E-state index is 0.301. The fourth-order valence-electron chi connectivity index (χ4n) is 1.77. The van der Waals surface area contributed by atoms with Crippen LogP contribution in [0.15, 0.2) is 12.4 Å². The van der Waals surface area contributed by atoms with Gasteiger partial charge < -0.3 is 15.4 Å². The number of aromatic nitrogens is 5. The molecule has 0 aromatic carbocycles. The monoisotopic (exact) mass is 235 g/mol. The average molecular weight is 235 g/mol. The molecule has 0 amide bonds. The van der Waals surface area contributed by atoms with Gasteiger partial charge in [0.05, 0.1) is 25.6 Å². The highest BCUT2D eigenvalue weighted by atomic mass is 16.5. The second kappa shape index (κ2) is 4.60. The molecule has 2 aromatic heterocycles. The van der Waals surface area contributed by atoms with Crippen molar-refractivity contribution in [1.29, 1.82) is 0 Å². The summed E-state index contributed by atoms with van der Waals surface area (Å²) in [6.07, 6.45) is 3.32. The first-order valence-corrected chi connectivity index (χ1v) is 5.50. The summed E-state index contributed by atoms with van der Waals surface area (Å²) >= 11 is 0. The molecule has 2 N–H and O–H groups in total. The summed E-state index contributed by atoms with van der Waals surface area (Å²) in [5.41, 5.74) is 0.628. The zero-order valence-electron chi connectivity index (χ0n) is 9.20.